The van der Waals surface area contributed by atoms with E-state index in [9.17, 15) is 16.8 Å². The van der Waals surface area contributed by atoms with Crippen LogP contribution in [-0.4, -0.2) is 27.3 Å². The van der Waals surface area contributed by atoms with Gasteiger partial charge in [0.25, 0.3) is 0 Å². The number of alkyl halides is 1. The number of unbranched alkanes of at least 4 members (excludes halogenated alkanes) is 1. The number of halogens is 1. The van der Waals surface area contributed by atoms with Gasteiger partial charge in [-0.05, 0) is 43.5 Å². The maximum atomic E-state index is 12.9. The van der Waals surface area contributed by atoms with Crippen molar-refractivity contribution in [3.8, 4) is 0 Å². The Morgan fingerprint density at radius 1 is 0.708 bits per heavy atom. The Kier molecular flexibility index (Phi) is 6.43. The lowest BCUT2D eigenvalue weighted by molar-refractivity contribution is 0.564. The Morgan fingerprint density at radius 3 is 1.50 bits per heavy atom. The van der Waals surface area contributed by atoms with E-state index in [1.165, 1.54) is 24.3 Å². The van der Waals surface area contributed by atoms with Crippen molar-refractivity contribution in [2.24, 2.45) is 0 Å². The fourth-order valence-electron chi connectivity index (χ4n) is 2.41. The predicted octanol–water partition coefficient (Wildman–Crippen LogP) is 3.67. The van der Waals surface area contributed by atoms with E-state index in [0.717, 1.165) is 0 Å². The Hall–Kier alpha value is -1.37. The maximum Gasteiger partial charge on any atom is 0.195 e. The minimum atomic E-state index is -4.02. The topological polar surface area (TPSA) is 68.3 Å². The molecule has 2 aromatic carbocycles. The molecule has 0 aromatic heterocycles. The normalized spacial score (nSPS) is 12.4. The third-order valence-electron chi connectivity index (χ3n) is 3.66. The minimum Gasteiger partial charge on any atom is -0.222 e. The van der Waals surface area contributed by atoms with E-state index < -0.39 is 24.3 Å². The number of benzene rings is 2. The first kappa shape index (κ1) is 19.0. The molecule has 24 heavy (non-hydrogen) atoms. The molecule has 0 aliphatic rings. The van der Waals surface area contributed by atoms with Crippen LogP contribution in [0.25, 0.3) is 0 Å². The molecule has 0 aliphatic heterocycles. The van der Waals surface area contributed by atoms with Crippen LogP contribution in [0.15, 0.2) is 70.5 Å². The van der Waals surface area contributed by atoms with Gasteiger partial charge in [-0.15, -0.1) is 11.6 Å². The van der Waals surface area contributed by atoms with Crippen molar-refractivity contribution in [2.45, 2.75) is 33.6 Å². The van der Waals surface area contributed by atoms with Gasteiger partial charge in [0, 0.05) is 5.88 Å². The average molecular weight is 387 g/mol. The molecule has 7 heteroatoms. The molecular weight excluding hydrogens is 368 g/mol. The van der Waals surface area contributed by atoms with Crippen LogP contribution in [0.3, 0.4) is 0 Å². The van der Waals surface area contributed by atoms with Gasteiger partial charge in [0.05, 0.1) is 9.79 Å². The lowest BCUT2D eigenvalue weighted by Gasteiger charge is -2.18. The SMILES string of the molecule is O=S(=O)(c1ccccc1)C(CCCCCl)S(=O)(=O)c1ccccc1. The van der Waals surface area contributed by atoms with Gasteiger partial charge in [0.2, 0.25) is 0 Å². The summed E-state index contributed by atoms with van der Waals surface area (Å²) in [6, 6.07) is 15.4. The van der Waals surface area contributed by atoms with E-state index in [1.54, 1.807) is 36.4 Å². The molecule has 0 amide bonds. The monoisotopic (exact) mass is 386 g/mol. The molecule has 0 fully saturated rings. The van der Waals surface area contributed by atoms with Crippen LogP contribution in [0.4, 0.5) is 0 Å². The quantitative estimate of drug-likeness (QED) is 0.512. The molecule has 130 valence electrons. The van der Waals surface area contributed by atoms with Crippen LogP contribution in [-0.2, 0) is 19.7 Å². The molecule has 0 heterocycles. The summed E-state index contributed by atoms with van der Waals surface area (Å²) < 4.78 is 50.2. The largest absolute Gasteiger partial charge is 0.222 e. The first-order chi connectivity index (χ1) is 11.4. The van der Waals surface area contributed by atoms with Crippen molar-refractivity contribution in [3.05, 3.63) is 60.7 Å². The summed E-state index contributed by atoms with van der Waals surface area (Å²) in [7, 11) is -8.04. The van der Waals surface area contributed by atoms with Crippen molar-refractivity contribution in [3.63, 3.8) is 0 Å². The van der Waals surface area contributed by atoms with Gasteiger partial charge in [-0.25, -0.2) is 16.8 Å². The van der Waals surface area contributed by atoms with Crippen LogP contribution in [0.1, 0.15) is 19.3 Å². The van der Waals surface area contributed by atoms with E-state index in [4.69, 9.17) is 11.6 Å². The summed E-state index contributed by atoms with van der Waals surface area (Å²) in [5, 5.41) is 0. The van der Waals surface area contributed by atoms with Crippen LogP contribution >= 0.6 is 11.6 Å². The molecule has 4 nitrogen and oxygen atoms in total. The zero-order chi connectivity index (χ0) is 17.6. The van der Waals surface area contributed by atoms with Crippen LogP contribution in [0, 0.1) is 0 Å². The fraction of sp³-hybridized carbons (Fsp3) is 0.294. The Balaban J connectivity index is 2.49. The summed E-state index contributed by atoms with van der Waals surface area (Å²) in [5.41, 5.74) is 0. The first-order valence-corrected chi connectivity index (χ1v) is 11.2. The van der Waals surface area contributed by atoms with Crippen molar-refractivity contribution < 1.29 is 16.8 Å². The molecular formula is C17H19ClO4S2. The fourth-order valence-corrected chi connectivity index (χ4v) is 7.23. The van der Waals surface area contributed by atoms with Gasteiger partial charge in [0.15, 0.2) is 24.3 Å². The molecule has 0 atom stereocenters. The molecule has 2 rings (SSSR count). The highest BCUT2D eigenvalue weighted by Gasteiger charge is 2.39. The maximum absolute atomic E-state index is 12.9. The summed E-state index contributed by atoms with van der Waals surface area (Å²) in [5.74, 6) is 0.365. The highest BCUT2D eigenvalue weighted by molar-refractivity contribution is 8.09. The summed E-state index contributed by atoms with van der Waals surface area (Å²) >= 11 is 5.65. The van der Waals surface area contributed by atoms with Gasteiger partial charge in [-0.2, -0.15) is 0 Å². The highest BCUT2D eigenvalue weighted by atomic mass is 35.5. The van der Waals surface area contributed by atoms with E-state index in [0.29, 0.717) is 18.7 Å². The van der Waals surface area contributed by atoms with Crippen LogP contribution < -0.4 is 0 Å². The minimum absolute atomic E-state index is 0.0142. The number of hydrogen-bond acceptors (Lipinski definition) is 4. The third kappa shape index (κ3) is 4.18. The van der Waals surface area contributed by atoms with Crippen molar-refractivity contribution >= 4 is 31.3 Å². The zero-order valence-electron chi connectivity index (χ0n) is 13.0. The van der Waals surface area contributed by atoms with Gasteiger partial charge in [-0.3, -0.25) is 0 Å². The van der Waals surface area contributed by atoms with E-state index in [2.05, 4.69) is 0 Å². The van der Waals surface area contributed by atoms with Crippen LogP contribution in [0.2, 0.25) is 0 Å². The Bertz CT molecular complexity index is 778. The third-order valence-corrected chi connectivity index (χ3v) is 9.16. The van der Waals surface area contributed by atoms with Crippen LogP contribution in [0.5, 0.6) is 0 Å². The molecule has 0 bridgehead atoms. The zero-order valence-corrected chi connectivity index (χ0v) is 15.4. The second-order valence-electron chi connectivity index (χ2n) is 5.33. The molecule has 0 unspecified atom stereocenters. The second-order valence-corrected chi connectivity index (χ2v) is 10.3. The van der Waals surface area contributed by atoms with Crippen molar-refractivity contribution in [2.75, 3.05) is 5.88 Å². The highest BCUT2D eigenvalue weighted by Crippen LogP contribution is 2.29. The molecule has 0 saturated carbocycles. The smallest absolute Gasteiger partial charge is 0.195 e. The van der Waals surface area contributed by atoms with E-state index in [1.807, 2.05) is 0 Å². The van der Waals surface area contributed by atoms with E-state index >= 15 is 0 Å². The van der Waals surface area contributed by atoms with Gasteiger partial charge in [-0.1, -0.05) is 36.4 Å². The molecule has 0 N–H and O–H groups in total. The number of hydrogen-bond donors (Lipinski definition) is 0. The van der Waals surface area contributed by atoms with Crippen molar-refractivity contribution in [1.82, 2.24) is 0 Å². The lowest BCUT2D eigenvalue weighted by Crippen LogP contribution is -2.31. The number of rotatable bonds is 8. The first-order valence-electron chi connectivity index (χ1n) is 7.54. The molecule has 0 radical (unpaired) electrons. The van der Waals surface area contributed by atoms with Crippen molar-refractivity contribution in [1.29, 1.82) is 0 Å². The van der Waals surface area contributed by atoms with E-state index in [-0.39, 0.29) is 16.2 Å². The summed E-state index contributed by atoms with van der Waals surface area (Å²) in [4.78, 5) is 0.0285. The standard InChI is InChI=1S/C17H19ClO4S2/c18-14-8-7-13-17(23(19,20)15-9-3-1-4-10-15)24(21,22)16-11-5-2-6-12-16/h1-6,9-12,17H,7-8,13-14H2. The summed E-state index contributed by atoms with van der Waals surface area (Å²) in [6.45, 7) is 0. The van der Waals surface area contributed by atoms with Gasteiger partial charge >= 0.3 is 0 Å². The Morgan fingerprint density at radius 2 is 1.12 bits per heavy atom. The molecule has 0 spiro atoms. The van der Waals surface area contributed by atoms with Gasteiger partial charge in [0.1, 0.15) is 0 Å². The molecule has 0 aliphatic carbocycles. The number of sulfone groups is 2. The predicted molar refractivity (Wildman–Crippen MR) is 95.6 cm³/mol. The lowest BCUT2D eigenvalue weighted by atomic mass is 10.3. The molecule has 2 aromatic rings. The van der Waals surface area contributed by atoms with Gasteiger partial charge < -0.3 is 0 Å². The summed E-state index contributed by atoms with van der Waals surface area (Å²) in [6.07, 6.45) is 1.00. The second kappa shape index (κ2) is 8.14. The average Bonchev–Trinajstić information content (AvgIpc) is 2.60. The molecule has 0 saturated heterocycles. The Labute approximate surface area is 148 Å².